The molecule has 0 atom stereocenters. The van der Waals surface area contributed by atoms with Gasteiger partial charge in [0.2, 0.25) is 0 Å². The Morgan fingerprint density at radius 2 is 2.06 bits per heavy atom. The van der Waals surface area contributed by atoms with E-state index in [0.29, 0.717) is 5.15 Å². The minimum absolute atomic E-state index is 0.489. The first-order valence-electron chi connectivity index (χ1n) is 5.82. The van der Waals surface area contributed by atoms with Gasteiger partial charge in [-0.3, -0.25) is 0 Å². The van der Waals surface area contributed by atoms with Crippen molar-refractivity contribution in [3.05, 3.63) is 38.7 Å². The van der Waals surface area contributed by atoms with Crippen LogP contribution in [0.15, 0.2) is 17.5 Å². The van der Waals surface area contributed by atoms with Crippen molar-refractivity contribution in [3.8, 4) is 0 Å². The molecule has 0 unspecified atom stereocenters. The van der Waals surface area contributed by atoms with E-state index in [1.165, 1.54) is 4.88 Å². The van der Waals surface area contributed by atoms with Crippen molar-refractivity contribution in [1.29, 1.82) is 0 Å². The van der Waals surface area contributed by atoms with Crippen molar-refractivity contribution >= 4 is 28.8 Å². The summed E-state index contributed by atoms with van der Waals surface area (Å²) in [5, 5.41) is 10.8. The van der Waals surface area contributed by atoms with E-state index in [1.54, 1.807) is 11.3 Å². The maximum atomic E-state index is 5.96. The van der Waals surface area contributed by atoms with Gasteiger partial charge >= 0.3 is 0 Å². The molecule has 0 aromatic carbocycles. The summed E-state index contributed by atoms with van der Waals surface area (Å²) in [6.07, 6.45) is 1.02. The Balaban J connectivity index is 2.09. The molecule has 0 aliphatic rings. The molecule has 5 heteroatoms. The number of likely N-dealkylation sites (N-methyl/N-ethyl adjacent to an activating group) is 1. The molecule has 0 saturated carbocycles. The lowest BCUT2D eigenvalue weighted by Gasteiger charge is -2.20. The second-order valence-corrected chi connectivity index (χ2v) is 5.71. The number of hydrogen-bond donors (Lipinski definition) is 0. The Kier molecular flexibility index (Phi) is 4.19. The molecule has 18 heavy (non-hydrogen) atoms. The van der Waals surface area contributed by atoms with Crippen molar-refractivity contribution in [2.45, 2.75) is 20.3 Å². The maximum Gasteiger partial charge on any atom is 0.155 e. The summed E-state index contributed by atoms with van der Waals surface area (Å²) in [5.41, 5.74) is 2.10. The molecule has 0 aliphatic carbocycles. The smallest absolute Gasteiger partial charge is 0.155 e. The monoisotopic (exact) mass is 281 g/mol. The first kappa shape index (κ1) is 13.3. The van der Waals surface area contributed by atoms with E-state index >= 15 is 0 Å². The van der Waals surface area contributed by atoms with Crippen LogP contribution in [0.4, 0.5) is 5.82 Å². The lowest BCUT2D eigenvalue weighted by atomic mass is 10.2. The number of rotatable bonds is 4. The summed E-state index contributed by atoms with van der Waals surface area (Å²) < 4.78 is 0. The van der Waals surface area contributed by atoms with Gasteiger partial charge in [0, 0.05) is 18.5 Å². The van der Waals surface area contributed by atoms with Crippen molar-refractivity contribution in [1.82, 2.24) is 10.2 Å². The number of anilines is 1. The molecule has 0 saturated heterocycles. The van der Waals surface area contributed by atoms with Gasteiger partial charge in [0.1, 0.15) is 0 Å². The van der Waals surface area contributed by atoms with Gasteiger partial charge in [0.15, 0.2) is 11.0 Å². The second kappa shape index (κ2) is 5.67. The first-order valence-corrected chi connectivity index (χ1v) is 7.08. The van der Waals surface area contributed by atoms with Crippen LogP contribution in [0, 0.1) is 13.8 Å². The van der Waals surface area contributed by atoms with E-state index in [2.05, 4.69) is 32.6 Å². The topological polar surface area (TPSA) is 29.0 Å². The van der Waals surface area contributed by atoms with Gasteiger partial charge in [-0.25, -0.2) is 0 Å². The minimum atomic E-state index is 0.489. The average molecular weight is 282 g/mol. The van der Waals surface area contributed by atoms with Crippen molar-refractivity contribution in [3.63, 3.8) is 0 Å². The Bertz CT molecular complexity index is 525. The molecule has 0 spiro atoms. The fraction of sp³-hybridized carbons (Fsp3) is 0.385. The second-order valence-electron chi connectivity index (χ2n) is 4.32. The van der Waals surface area contributed by atoms with Crippen LogP contribution in [0.1, 0.15) is 16.0 Å². The van der Waals surface area contributed by atoms with Crippen LogP contribution in [-0.2, 0) is 6.42 Å². The van der Waals surface area contributed by atoms with E-state index < -0.39 is 0 Å². The fourth-order valence-electron chi connectivity index (χ4n) is 1.76. The van der Waals surface area contributed by atoms with Gasteiger partial charge in [0.25, 0.3) is 0 Å². The lowest BCUT2D eigenvalue weighted by molar-refractivity contribution is 0.836. The largest absolute Gasteiger partial charge is 0.358 e. The van der Waals surface area contributed by atoms with Gasteiger partial charge in [-0.15, -0.1) is 21.5 Å². The molecule has 2 rings (SSSR count). The Hall–Kier alpha value is -1.13. The number of hydrogen-bond acceptors (Lipinski definition) is 4. The van der Waals surface area contributed by atoms with Crippen LogP contribution in [0.25, 0.3) is 0 Å². The molecule has 0 radical (unpaired) electrons. The summed E-state index contributed by atoms with van der Waals surface area (Å²) in [5.74, 6) is 0.911. The maximum absolute atomic E-state index is 5.96. The molecular weight excluding hydrogens is 266 g/mol. The lowest BCUT2D eigenvalue weighted by Crippen LogP contribution is -2.23. The number of aromatic nitrogens is 2. The van der Waals surface area contributed by atoms with E-state index in [1.807, 2.05) is 20.9 Å². The third-order valence-corrected chi connectivity index (χ3v) is 4.37. The normalized spacial score (nSPS) is 10.7. The van der Waals surface area contributed by atoms with Gasteiger partial charge in [0.05, 0.1) is 0 Å². The molecule has 2 heterocycles. The number of nitrogens with zero attached hydrogens (tertiary/aromatic N) is 3. The van der Waals surface area contributed by atoms with Gasteiger partial charge in [-0.1, -0.05) is 17.7 Å². The zero-order chi connectivity index (χ0) is 13.1. The predicted molar refractivity (Wildman–Crippen MR) is 77.8 cm³/mol. The summed E-state index contributed by atoms with van der Waals surface area (Å²) in [7, 11) is 2.04. The SMILES string of the molecule is Cc1c(Cl)nnc(N(C)CCc2cccs2)c1C. The quantitative estimate of drug-likeness (QED) is 0.859. The van der Waals surface area contributed by atoms with Crippen LogP contribution in [-0.4, -0.2) is 23.8 Å². The average Bonchev–Trinajstić information content (AvgIpc) is 2.86. The third-order valence-electron chi connectivity index (χ3n) is 3.08. The molecule has 3 nitrogen and oxygen atoms in total. The zero-order valence-electron chi connectivity index (χ0n) is 10.8. The summed E-state index contributed by atoms with van der Waals surface area (Å²) >= 11 is 7.74. The molecule has 0 fully saturated rings. The highest BCUT2D eigenvalue weighted by atomic mass is 35.5. The molecule has 96 valence electrons. The molecule has 2 aromatic heterocycles. The minimum Gasteiger partial charge on any atom is -0.358 e. The summed E-state index contributed by atoms with van der Waals surface area (Å²) in [6.45, 7) is 4.94. The molecule has 0 amide bonds. The highest BCUT2D eigenvalue weighted by Gasteiger charge is 2.12. The molecule has 0 bridgehead atoms. The van der Waals surface area contributed by atoms with E-state index in [9.17, 15) is 0 Å². The highest BCUT2D eigenvalue weighted by molar-refractivity contribution is 7.09. The predicted octanol–water partition coefficient (Wildman–Crippen LogP) is 3.49. The Labute approximate surface area is 116 Å². The van der Waals surface area contributed by atoms with Crippen molar-refractivity contribution in [2.24, 2.45) is 0 Å². The van der Waals surface area contributed by atoms with E-state index in [4.69, 9.17) is 11.6 Å². The van der Waals surface area contributed by atoms with Crippen molar-refractivity contribution < 1.29 is 0 Å². The van der Waals surface area contributed by atoms with E-state index in [0.717, 1.165) is 29.9 Å². The van der Waals surface area contributed by atoms with E-state index in [-0.39, 0.29) is 0 Å². The molecule has 2 aromatic rings. The molecule has 0 aliphatic heterocycles. The van der Waals surface area contributed by atoms with Gasteiger partial charge in [-0.05, 0) is 42.8 Å². The van der Waals surface area contributed by atoms with Crippen molar-refractivity contribution in [2.75, 3.05) is 18.5 Å². The van der Waals surface area contributed by atoms with Gasteiger partial charge in [-0.2, -0.15) is 0 Å². The zero-order valence-corrected chi connectivity index (χ0v) is 12.3. The highest BCUT2D eigenvalue weighted by Crippen LogP contribution is 2.23. The third kappa shape index (κ3) is 2.82. The van der Waals surface area contributed by atoms with Crippen LogP contribution < -0.4 is 4.90 Å². The van der Waals surface area contributed by atoms with Crippen LogP contribution in [0.5, 0.6) is 0 Å². The summed E-state index contributed by atoms with van der Waals surface area (Å²) in [4.78, 5) is 3.52. The van der Waals surface area contributed by atoms with Crippen LogP contribution in [0.2, 0.25) is 5.15 Å². The van der Waals surface area contributed by atoms with Crippen LogP contribution >= 0.6 is 22.9 Å². The number of thiophene rings is 1. The standard InChI is InChI=1S/C13H16ClN3S/c1-9-10(2)13(16-15-12(9)14)17(3)7-6-11-5-4-8-18-11/h4-5,8H,6-7H2,1-3H3. The first-order chi connectivity index (χ1) is 8.59. The number of halogens is 1. The fourth-order valence-corrected chi connectivity index (χ4v) is 2.64. The Morgan fingerprint density at radius 1 is 1.28 bits per heavy atom. The molecule has 0 N–H and O–H groups in total. The Morgan fingerprint density at radius 3 is 2.72 bits per heavy atom. The molecular formula is C13H16ClN3S. The van der Waals surface area contributed by atoms with Crippen LogP contribution in [0.3, 0.4) is 0 Å². The van der Waals surface area contributed by atoms with Gasteiger partial charge < -0.3 is 4.90 Å². The summed E-state index contributed by atoms with van der Waals surface area (Å²) in [6, 6.07) is 4.24.